The first-order valence-corrected chi connectivity index (χ1v) is 14.9. The highest BCUT2D eigenvalue weighted by Crippen LogP contribution is 2.48. The van der Waals surface area contributed by atoms with Crippen LogP contribution in [-0.4, -0.2) is 0 Å². The Hall–Kier alpha value is -5.66. The van der Waals surface area contributed by atoms with Gasteiger partial charge in [-0.2, -0.15) is 0 Å². The molecule has 0 aliphatic rings. The SMILES string of the molecule is c1ccc2c(c1)ccc1ccc(-c3c4ccccc4c(-c4ccc5oc6cccc7ccc4c5c76)c4ccccc34)cc12. The summed E-state index contributed by atoms with van der Waals surface area (Å²) in [6.45, 7) is 0. The van der Waals surface area contributed by atoms with Crippen LogP contribution in [0, 0.1) is 0 Å². The van der Waals surface area contributed by atoms with E-state index in [1.807, 2.05) is 0 Å². The quantitative estimate of drug-likeness (QED) is 0.156. The molecule has 0 bridgehead atoms. The average molecular weight is 545 g/mol. The largest absolute Gasteiger partial charge is 0.456 e. The third-order valence-electron chi connectivity index (χ3n) is 9.40. The van der Waals surface area contributed by atoms with Gasteiger partial charge in [0.15, 0.2) is 0 Å². The second-order valence-corrected chi connectivity index (χ2v) is 11.6. The summed E-state index contributed by atoms with van der Waals surface area (Å²) >= 11 is 0. The number of fused-ring (bicyclic) bond motifs is 5. The van der Waals surface area contributed by atoms with Gasteiger partial charge in [0, 0.05) is 10.8 Å². The van der Waals surface area contributed by atoms with Crippen LogP contribution in [0.25, 0.3) is 98.1 Å². The summed E-state index contributed by atoms with van der Waals surface area (Å²) in [5, 5.41) is 15.0. The van der Waals surface area contributed by atoms with Crippen LogP contribution in [0.3, 0.4) is 0 Å². The molecule has 10 aromatic rings. The van der Waals surface area contributed by atoms with Crippen LogP contribution in [0.2, 0.25) is 0 Å². The van der Waals surface area contributed by atoms with Crippen molar-refractivity contribution in [3.05, 3.63) is 146 Å². The molecule has 0 N–H and O–H groups in total. The summed E-state index contributed by atoms with van der Waals surface area (Å²) in [4.78, 5) is 0. The number of benzene rings is 9. The zero-order valence-electron chi connectivity index (χ0n) is 23.3. The molecule has 0 atom stereocenters. The van der Waals surface area contributed by atoms with Crippen molar-refractivity contribution in [2.75, 3.05) is 0 Å². The van der Waals surface area contributed by atoms with E-state index in [0.29, 0.717) is 0 Å². The maximum atomic E-state index is 6.32. The van der Waals surface area contributed by atoms with Crippen LogP contribution in [-0.2, 0) is 0 Å². The number of hydrogen-bond donors (Lipinski definition) is 0. The zero-order chi connectivity index (χ0) is 28.1. The highest BCUT2D eigenvalue weighted by Gasteiger charge is 2.21. The van der Waals surface area contributed by atoms with Crippen LogP contribution in [0.4, 0.5) is 0 Å². The van der Waals surface area contributed by atoms with Crippen molar-refractivity contribution < 1.29 is 4.42 Å². The molecule has 1 nitrogen and oxygen atoms in total. The van der Waals surface area contributed by atoms with Crippen molar-refractivity contribution in [1.29, 1.82) is 0 Å². The van der Waals surface area contributed by atoms with Crippen LogP contribution in [0.5, 0.6) is 0 Å². The molecule has 0 unspecified atom stereocenters. The lowest BCUT2D eigenvalue weighted by molar-refractivity contribution is 0.669. The minimum Gasteiger partial charge on any atom is -0.456 e. The second kappa shape index (κ2) is 8.44. The Balaban J connectivity index is 1.34. The van der Waals surface area contributed by atoms with Gasteiger partial charge < -0.3 is 4.42 Å². The molecular weight excluding hydrogens is 520 g/mol. The fourth-order valence-electron chi connectivity index (χ4n) is 7.55. The molecule has 0 amide bonds. The minimum absolute atomic E-state index is 0.944. The maximum Gasteiger partial charge on any atom is 0.136 e. The molecule has 0 aliphatic heterocycles. The summed E-state index contributed by atoms with van der Waals surface area (Å²) in [5.41, 5.74) is 6.93. The number of rotatable bonds is 2. The van der Waals surface area contributed by atoms with Crippen molar-refractivity contribution in [3.63, 3.8) is 0 Å². The van der Waals surface area contributed by atoms with Crippen molar-refractivity contribution in [1.82, 2.24) is 0 Å². The molecule has 1 heteroatoms. The standard InChI is InChI=1S/C42H24O/c1-2-10-29-25(8-1)16-17-26-18-19-28(24-36(26)29)39-30-11-3-5-13-32(30)41(33-14-6-4-12-31(33)39)34-22-23-38-42-35(34)21-20-27-9-7-15-37(43-38)40(27)42/h1-24H. The van der Waals surface area contributed by atoms with E-state index in [0.717, 1.165) is 11.2 Å². The van der Waals surface area contributed by atoms with Crippen LogP contribution in [0.1, 0.15) is 0 Å². The van der Waals surface area contributed by atoms with Crippen LogP contribution < -0.4 is 0 Å². The summed E-state index contributed by atoms with van der Waals surface area (Å²) in [7, 11) is 0. The predicted octanol–water partition coefficient (Wildman–Crippen LogP) is 12.1. The Morgan fingerprint density at radius 3 is 1.67 bits per heavy atom. The van der Waals surface area contributed by atoms with Gasteiger partial charge in [-0.3, -0.25) is 0 Å². The first kappa shape index (κ1) is 23.0. The Kier molecular flexibility index (Phi) is 4.51. The predicted molar refractivity (Wildman–Crippen MR) is 183 cm³/mol. The smallest absolute Gasteiger partial charge is 0.136 e. The highest BCUT2D eigenvalue weighted by molar-refractivity contribution is 6.29. The van der Waals surface area contributed by atoms with Crippen molar-refractivity contribution >= 4 is 75.8 Å². The van der Waals surface area contributed by atoms with E-state index in [1.54, 1.807) is 0 Å². The van der Waals surface area contributed by atoms with Gasteiger partial charge >= 0.3 is 0 Å². The molecule has 10 rings (SSSR count). The molecule has 0 radical (unpaired) electrons. The Labute approximate surface area is 247 Å². The van der Waals surface area contributed by atoms with Gasteiger partial charge in [0.1, 0.15) is 11.2 Å². The molecule has 0 saturated carbocycles. The van der Waals surface area contributed by atoms with Crippen molar-refractivity contribution in [3.8, 4) is 22.3 Å². The maximum absolute atomic E-state index is 6.32. The second-order valence-electron chi connectivity index (χ2n) is 11.6. The van der Waals surface area contributed by atoms with Gasteiger partial charge in [-0.05, 0) is 100 Å². The Morgan fingerprint density at radius 1 is 0.326 bits per heavy atom. The van der Waals surface area contributed by atoms with Crippen molar-refractivity contribution in [2.45, 2.75) is 0 Å². The minimum atomic E-state index is 0.944. The van der Waals surface area contributed by atoms with E-state index < -0.39 is 0 Å². The fourth-order valence-corrected chi connectivity index (χ4v) is 7.55. The molecule has 0 spiro atoms. The molecule has 1 aromatic heterocycles. The van der Waals surface area contributed by atoms with E-state index in [4.69, 9.17) is 4.42 Å². The van der Waals surface area contributed by atoms with Crippen LogP contribution >= 0.6 is 0 Å². The summed E-state index contributed by atoms with van der Waals surface area (Å²) < 4.78 is 6.32. The molecule has 1 heterocycles. The Bertz CT molecular complexity index is 2670. The lowest BCUT2D eigenvalue weighted by Crippen LogP contribution is -1.92. The monoisotopic (exact) mass is 544 g/mol. The summed E-state index contributed by atoms with van der Waals surface area (Å²) in [5.74, 6) is 0. The topological polar surface area (TPSA) is 13.1 Å². The van der Waals surface area contributed by atoms with Gasteiger partial charge in [0.25, 0.3) is 0 Å². The molecule has 0 saturated heterocycles. The number of furan rings is 1. The average Bonchev–Trinajstić information content (AvgIpc) is 3.46. The third kappa shape index (κ3) is 3.11. The van der Waals surface area contributed by atoms with Gasteiger partial charge in [-0.1, -0.05) is 121 Å². The van der Waals surface area contributed by atoms with E-state index in [1.165, 1.54) is 86.9 Å². The molecule has 0 fully saturated rings. The highest BCUT2D eigenvalue weighted by atomic mass is 16.3. The van der Waals surface area contributed by atoms with Gasteiger partial charge in [0.2, 0.25) is 0 Å². The number of hydrogen-bond acceptors (Lipinski definition) is 1. The van der Waals surface area contributed by atoms with Gasteiger partial charge in [0.05, 0.1) is 0 Å². The van der Waals surface area contributed by atoms with Gasteiger partial charge in [-0.15, -0.1) is 0 Å². The van der Waals surface area contributed by atoms with E-state index >= 15 is 0 Å². The third-order valence-corrected chi connectivity index (χ3v) is 9.40. The van der Waals surface area contributed by atoms with Gasteiger partial charge in [-0.25, -0.2) is 0 Å². The van der Waals surface area contributed by atoms with E-state index in [-0.39, 0.29) is 0 Å². The molecule has 198 valence electrons. The zero-order valence-corrected chi connectivity index (χ0v) is 23.3. The first-order valence-electron chi connectivity index (χ1n) is 14.9. The molecule has 0 aliphatic carbocycles. The fraction of sp³-hybridized carbons (Fsp3) is 0. The van der Waals surface area contributed by atoms with E-state index in [2.05, 4.69) is 146 Å². The van der Waals surface area contributed by atoms with Crippen LogP contribution in [0.15, 0.2) is 150 Å². The van der Waals surface area contributed by atoms with E-state index in [9.17, 15) is 0 Å². The molecular formula is C42H24O. The molecule has 9 aromatic carbocycles. The normalized spacial score (nSPS) is 12.2. The van der Waals surface area contributed by atoms with Crippen molar-refractivity contribution in [2.24, 2.45) is 0 Å². The Morgan fingerprint density at radius 2 is 0.907 bits per heavy atom. The lowest BCUT2D eigenvalue weighted by Gasteiger charge is -2.19. The summed E-state index contributed by atoms with van der Waals surface area (Å²) in [6.07, 6.45) is 0. The molecule has 43 heavy (non-hydrogen) atoms. The lowest BCUT2D eigenvalue weighted by atomic mass is 9.84. The first-order chi connectivity index (χ1) is 21.3. The summed E-state index contributed by atoms with van der Waals surface area (Å²) in [6, 6.07) is 53.2.